The van der Waals surface area contributed by atoms with E-state index in [9.17, 15) is 22.8 Å². The fourth-order valence-electron chi connectivity index (χ4n) is 4.26. The summed E-state index contributed by atoms with van der Waals surface area (Å²) < 4.78 is 34.6. The quantitative estimate of drug-likeness (QED) is 0.185. The number of sulfonamides is 1. The molecule has 0 bridgehead atoms. The van der Waals surface area contributed by atoms with Crippen molar-refractivity contribution in [1.82, 2.24) is 15.2 Å². The maximum atomic E-state index is 13.4. The molecule has 0 spiro atoms. The van der Waals surface area contributed by atoms with Gasteiger partial charge in [0.25, 0.3) is 5.56 Å². The van der Waals surface area contributed by atoms with Crippen LogP contribution in [0.25, 0.3) is 0 Å². The Hall–Kier alpha value is -4.30. The predicted octanol–water partition coefficient (Wildman–Crippen LogP) is 3.93. The topological polar surface area (TPSA) is 171 Å². The van der Waals surface area contributed by atoms with Crippen molar-refractivity contribution in [3.05, 3.63) is 87.7 Å². The number of alkyl carbamates (subject to hydrolysis) is 1. The highest BCUT2D eigenvalue weighted by Crippen LogP contribution is 2.34. The summed E-state index contributed by atoms with van der Waals surface area (Å²) in [6, 6.07) is 16.4. The van der Waals surface area contributed by atoms with E-state index in [-0.39, 0.29) is 29.9 Å². The lowest BCUT2D eigenvalue weighted by atomic mass is 10.2. The molecular weight excluding hydrogens is 592 g/mol. The average Bonchev–Trinajstić information content (AvgIpc) is 3.33. The Morgan fingerprint density at radius 3 is 2.40 bits per heavy atom. The summed E-state index contributed by atoms with van der Waals surface area (Å²) in [6.07, 6.45) is -0.748. The first-order valence-electron chi connectivity index (χ1n) is 13.4. The minimum Gasteiger partial charge on any atom is -0.444 e. The van der Waals surface area contributed by atoms with Gasteiger partial charge in [0.05, 0.1) is 10.8 Å². The molecule has 1 aromatic heterocycles. The Balaban J connectivity index is 1.38. The number of carbonyl (C=O) groups is 2. The summed E-state index contributed by atoms with van der Waals surface area (Å²) in [5.41, 5.74) is 1.03. The number of carbonyl (C=O) groups excluding carboxylic acids is 2. The third-order valence-electron chi connectivity index (χ3n) is 6.18. The van der Waals surface area contributed by atoms with Crippen molar-refractivity contribution in [1.29, 1.82) is 5.41 Å². The number of hydrogen-bond donors (Lipinski definition) is 5. The van der Waals surface area contributed by atoms with E-state index in [1.165, 1.54) is 16.3 Å². The first kappa shape index (κ1) is 31.6. The number of guanidine groups is 1. The molecule has 0 fully saturated rings. The van der Waals surface area contributed by atoms with E-state index in [2.05, 4.69) is 20.7 Å². The number of nitrogens with zero attached hydrogens (tertiary/aromatic N) is 1. The zero-order chi connectivity index (χ0) is 31.4. The number of hydrogen-bond acceptors (Lipinski definition) is 8. The number of pyridine rings is 1. The maximum absolute atomic E-state index is 13.4. The minimum atomic E-state index is -3.87. The highest BCUT2D eigenvalue weighted by molar-refractivity contribution is 7.99. The largest absolute Gasteiger partial charge is 0.444 e. The molecule has 5 N–H and O–H groups in total. The monoisotopic (exact) mass is 626 g/mol. The standard InChI is InChI=1S/C29H34N6O6S2/c1-18-14-23-35(26(37)24(18)34-43(39,40)17-20-8-6-5-7-9-20)22(16-42-23)25(36)31-15-19-10-12-21(13-11-19)32-27(30)33-28(38)41-29(2,3)4/h5-14,22,34H,15-17H2,1-4H3,(H,31,36)(H3,30,32,33,38)/t22-/m1/s1. The van der Waals surface area contributed by atoms with E-state index in [1.807, 2.05) is 0 Å². The van der Waals surface area contributed by atoms with Gasteiger partial charge in [0.2, 0.25) is 21.9 Å². The van der Waals surface area contributed by atoms with Crippen LogP contribution in [0.2, 0.25) is 0 Å². The Bertz CT molecular complexity index is 1680. The van der Waals surface area contributed by atoms with Gasteiger partial charge in [0, 0.05) is 18.0 Å². The molecule has 2 heterocycles. The normalized spacial score (nSPS) is 14.4. The first-order chi connectivity index (χ1) is 20.2. The van der Waals surface area contributed by atoms with Crippen LogP contribution in [0.1, 0.15) is 43.5 Å². The molecule has 43 heavy (non-hydrogen) atoms. The summed E-state index contributed by atoms with van der Waals surface area (Å²) >= 11 is 1.36. The lowest BCUT2D eigenvalue weighted by molar-refractivity contribution is -0.124. The zero-order valence-corrected chi connectivity index (χ0v) is 25.8. The van der Waals surface area contributed by atoms with Crippen molar-refractivity contribution in [3.63, 3.8) is 0 Å². The molecule has 2 amide bonds. The van der Waals surface area contributed by atoms with Crippen LogP contribution in [0, 0.1) is 12.3 Å². The molecule has 0 aliphatic carbocycles. The van der Waals surface area contributed by atoms with Crippen LogP contribution in [0.3, 0.4) is 0 Å². The van der Waals surface area contributed by atoms with Gasteiger partial charge in [-0.1, -0.05) is 42.5 Å². The van der Waals surface area contributed by atoms with Gasteiger partial charge < -0.3 is 15.4 Å². The zero-order valence-electron chi connectivity index (χ0n) is 24.2. The van der Waals surface area contributed by atoms with Crippen LogP contribution in [-0.4, -0.2) is 42.3 Å². The summed E-state index contributed by atoms with van der Waals surface area (Å²) in [4.78, 5) is 38.4. The van der Waals surface area contributed by atoms with Gasteiger partial charge in [-0.3, -0.25) is 29.6 Å². The molecule has 0 unspecified atom stereocenters. The third kappa shape index (κ3) is 8.61. The van der Waals surface area contributed by atoms with Crippen LogP contribution >= 0.6 is 11.8 Å². The second-order valence-electron chi connectivity index (χ2n) is 10.9. The number of aryl methyl sites for hydroxylation is 1. The van der Waals surface area contributed by atoms with Gasteiger partial charge in [0.1, 0.15) is 17.3 Å². The molecule has 0 saturated heterocycles. The highest BCUT2D eigenvalue weighted by Gasteiger charge is 2.32. The molecule has 12 nitrogen and oxygen atoms in total. The van der Waals surface area contributed by atoms with E-state index >= 15 is 0 Å². The minimum absolute atomic E-state index is 0.0743. The lowest BCUT2D eigenvalue weighted by Crippen LogP contribution is -2.39. The predicted molar refractivity (Wildman–Crippen MR) is 167 cm³/mol. The van der Waals surface area contributed by atoms with E-state index in [0.29, 0.717) is 27.6 Å². The van der Waals surface area contributed by atoms with Crippen LogP contribution in [-0.2, 0) is 31.9 Å². The lowest BCUT2D eigenvalue weighted by Gasteiger charge is -2.20. The molecule has 0 saturated carbocycles. The van der Waals surface area contributed by atoms with Gasteiger partial charge in [-0.15, -0.1) is 11.8 Å². The van der Waals surface area contributed by atoms with Gasteiger partial charge in [-0.2, -0.15) is 0 Å². The summed E-state index contributed by atoms with van der Waals surface area (Å²) in [5, 5.41) is 16.4. The average molecular weight is 627 g/mol. The van der Waals surface area contributed by atoms with Crippen LogP contribution in [0.5, 0.6) is 0 Å². The Kier molecular flexibility index (Phi) is 9.50. The fourth-order valence-corrected chi connectivity index (χ4v) is 6.76. The van der Waals surface area contributed by atoms with E-state index in [4.69, 9.17) is 10.1 Å². The molecule has 14 heteroatoms. The smallest absolute Gasteiger partial charge is 0.414 e. The number of nitrogens with one attached hydrogen (secondary N) is 5. The van der Waals surface area contributed by atoms with Crippen molar-refractivity contribution < 1.29 is 22.7 Å². The van der Waals surface area contributed by atoms with Crippen molar-refractivity contribution in [2.45, 2.75) is 56.7 Å². The molecule has 1 aliphatic heterocycles. The Labute approximate surface area is 254 Å². The summed E-state index contributed by atoms with van der Waals surface area (Å²) in [5.74, 6) is -0.588. The van der Waals surface area contributed by atoms with Crippen molar-refractivity contribution >= 4 is 51.1 Å². The molecule has 0 radical (unpaired) electrons. The van der Waals surface area contributed by atoms with Gasteiger partial charge in [-0.25, -0.2) is 13.2 Å². The molecule has 1 aliphatic rings. The Morgan fingerprint density at radius 2 is 1.74 bits per heavy atom. The van der Waals surface area contributed by atoms with Crippen molar-refractivity contribution in [2.75, 3.05) is 15.8 Å². The number of thioether (sulfide) groups is 1. The number of anilines is 2. The van der Waals surface area contributed by atoms with Crippen molar-refractivity contribution in [2.24, 2.45) is 0 Å². The maximum Gasteiger partial charge on any atom is 0.414 e. The number of benzene rings is 2. The second-order valence-corrected chi connectivity index (χ2v) is 13.7. The highest BCUT2D eigenvalue weighted by atomic mass is 32.2. The van der Waals surface area contributed by atoms with E-state index in [0.717, 1.165) is 5.56 Å². The van der Waals surface area contributed by atoms with E-state index < -0.39 is 33.3 Å². The van der Waals surface area contributed by atoms with Gasteiger partial charge in [0.15, 0.2) is 0 Å². The van der Waals surface area contributed by atoms with E-state index in [1.54, 1.807) is 88.4 Å². The number of fused-ring (bicyclic) bond motifs is 1. The van der Waals surface area contributed by atoms with Crippen LogP contribution in [0.15, 0.2) is 70.5 Å². The van der Waals surface area contributed by atoms with Gasteiger partial charge >= 0.3 is 6.09 Å². The number of rotatable bonds is 8. The molecule has 4 rings (SSSR count). The molecular formula is C29H34N6O6S2. The molecule has 2 aromatic carbocycles. The number of aromatic nitrogens is 1. The molecule has 1 atom stereocenters. The molecule has 3 aromatic rings. The van der Waals surface area contributed by atoms with Crippen LogP contribution < -0.4 is 26.2 Å². The summed E-state index contributed by atoms with van der Waals surface area (Å²) in [7, 11) is -3.87. The number of ether oxygens (including phenoxy) is 1. The first-order valence-corrected chi connectivity index (χ1v) is 16.0. The molecule has 228 valence electrons. The number of amides is 2. The van der Waals surface area contributed by atoms with Gasteiger partial charge in [-0.05, 0) is 62.6 Å². The van der Waals surface area contributed by atoms with Crippen LogP contribution in [0.4, 0.5) is 16.2 Å². The SMILES string of the molecule is Cc1cc2n(c(=O)c1NS(=O)(=O)Cc1ccccc1)[C@@H](C(=O)NCc1ccc(NC(=N)NC(=O)OC(C)(C)C)cc1)CS2. The second kappa shape index (κ2) is 12.9. The van der Waals surface area contributed by atoms with Crippen molar-refractivity contribution in [3.8, 4) is 0 Å². The fraction of sp³-hybridized carbons (Fsp3) is 0.310. The summed E-state index contributed by atoms with van der Waals surface area (Å²) in [6.45, 7) is 7.00. The third-order valence-corrected chi connectivity index (χ3v) is 8.50. The Morgan fingerprint density at radius 1 is 1.07 bits per heavy atom.